The van der Waals surface area contributed by atoms with Gasteiger partial charge in [-0.15, -0.1) is 0 Å². The minimum atomic E-state index is -0.132. The Morgan fingerprint density at radius 3 is 2.41 bits per heavy atom. The number of carbonyl (C=O) groups is 1. The number of hydrogen-bond acceptors (Lipinski definition) is 3. The highest BCUT2D eigenvalue weighted by Gasteiger charge is 2.28. The predicted molar refractivity (Wildman–Crippen MR) is 116 cm³/mol. The number of nitrogens with zero attached hydrogens (tertiary/aromatic N) is 2. The molecule has 0 unspecified atom stereocenters. The lowest BCUT2D eigenvalue weighted by Crippen LogP contribution is -1.98. The Labute approximate surface area is 176 Å². The number of fused-ring (bicyclic) bond motifs is 1. The van der Waals surface area contributed by atoms with Crippen LogP contribution in [0.5, 0.6) is 5.75 Å². The van der Waals surface area contributed by atoms with Crippen LogP contribution in [0.3, 0.4) is 0 Å². The van der Waals surface area contributed by atoms with Gasteiger partial charge in [0.1, 0.15) is 11.4 Å². The summed E-state index contributed by atoms with van der Waals surface area (Å²) in [4.78, 5) is 12.8. The number of carbonyl (C=O) groups excluding carboxylic acids is 1. The molecule has 0 fully saturated rings. The second-order valence-corrected chi connectivity index (χ2v) is 7.58. The van der Waals surface area contributed by atoms with Gasteiger partial charge in [-0.1, -0.05) is 64.5 Å². The molecule has 0 spiro atoms. The number of rotatable bonds is 3. The van der Waals surface area contributed by atoms with Crippen molar-refractivity contribution in [1.29, 1.82) is 0 Å². The maximum atomic E-state index is 12.8. The van der Waals surface area contributed by atoms with Crippen LogP contribution >= 0.6 is 15.9 Å². The Bertz CT molecular complexity index is 1240. The van der Waals surface area contributed by atoms with Crippen LogP contribution in [0.15, 0.2) is 95.3 Å². The first-order chi connectivity index (χ1) is 14.2. The second-order valence-electron chi connectivity index (χ2n) is 6.66. The van der Waals surface area contributed by atoms with E-state index in [-0.39, 0.29) is 5.78 Å². The highest BCUT2D eigenvalue weighted by atomic mass is 79.9. The van der Waals surface area contributed by atoms with E-state index in [4.69, 9.17) is 9.84 Å². The Morgan fingerprint density at radius 1 is 0.931 bits per heavy atom. The third kappa shape index (κ3) is 3.30. The van der Waals surface area contributed by atoms with Gasteiger partial charge in [-0.05, 0) is 36.4 Å². The topological polar surface area (TPSA) is 44.1 Å². The summed E-state index contributed by atoms with van der Waals surface area (Å²) in [7, 11) is 0. The average Bonchev–Trinajstić information content (AvgIpc) is 3.31. The fourth-order valence-corrected chi connectivity index (χ4v) is 3.69. The summed E-state index contributed by atoms with van der Waals surface area (Å²) in [5.41, 5.74) is 4.08. The van der Waals surface area contributed by atoms with Crippen molar-refractivity contribution in [3.05, 3.63) is 106 Å². The molecule has 0 saturated heterocycles. The molecule has 29 heavy (non-hydrogen) atoms. The van der Waals surface area contributed by atoms with Crippen LogP contribution in [0.4, 0.5) is 0 Å². The molecule has 0 aliphatic carbocycles. The Hall–Kier alpha value is -3.44. The zero-order valence-electron chi connectivity index (χ0n) is 15.2. The van der Waals surface area contributed by atoms with Crippen LogP contribution in [0.25, 0.3) is 23.0 Å². The van der Waals surface area contributed by atoms with Crippen LogP contribution in [0.2, 0.25) is 0 Å². The van der Waals surface area contributed by atoms with Gasteiger partial charge >= 0.3 is 0 Å². The minimum absolute atomic E-state index is 0.132. The van der Waals surface area contributed by atoms with Gasteiger partial charge in [0.25, 0.3) is 0 Å². The Balaban J connectivity index is 1.62. The van der Waals surface area contributed by atoms with E-state index in [1.54, 1.807) is 18.2 Å². The van der Waals surface area contributed by atoms with Crippen LogP contribution < -0.4 is 4.74 Å². The zero-order chi connectivity index (χ0) is 19.8. The first-order valence-corrected chi connectivity index (χ1v) is 9.93. The molecule has 3 aromatic carbocycles. The summed E-state index contributed by atoms with van der Waals surface area (Å²) < 4.78 is 8.50. The Morgan fingerprint density at radius 2 is 1.66 bits per heavy atom. The fraction of sp³-hybridized carbons (Fsp3) is 0. The van der Waals surface area contributed by atoms with Gasteiger partial charge in [0.15, 0.2) is 5.76 Å². The van der Waals surface area contributed by atoms with Crippen LogP contribution in [-0.4, -0.2) is 15.6 Å². The summed E-state index contributed by atoms with van der Waals surface area (Å²) in [6.07, 6.45) is 3.69. The third-order valence-corrected chi connectivity index (χ3v) is 5.22. The van der Waals surface area contributed by atoms with Gasteiger partial charge in [-0.25, -0.2) is 4.68 Å². The molecule has 1 aliphatic rings. The van der Waals surface area contributed by atoms with E-state index in [0.29, 0.717) is 17.1 Å². The third-order valence-electron chi connectivity index (χ3n) is 4.73. The molecule has 140 valence electrons. The molecular weight excluding hydrogens is 428 g/mol. The molecule has 0 N–H and O–H groups in total. The van der Waals surface area contributed by atoms with Crippen molar-refractivity contribution in [1.82, 2.24) is 9.78 Å². The van der Waals surface area contributed by atoms with Crippen molar-refractivity contribution in [3.8, 4) is 22.7 Å². The molecular formula is C24H15BrN2O2. The molecule has 4 aromatic rings. The average molecular weight is 443 g/mol. The summed E-state index contributed by atoms with van der Waals surface area (Å²) in [5.74, 6) is 0.733. The number of benzene rings is 3. The maximum Gasteiger partial charge on any atom is 0.232 e. The van der Waals surface area contributed by atoms with Crippen molar-refractivity contribution < 1.29 is 9.53 Å². The minimum Gasteiger partial charge on any atom is -0.452 e. The van der Waals surface area contributed by atoms with E-state index < -0.39 is 0 Å². The number of hydrogen-bond donors (Lipinski definition) is 0. The van der Waals surface area contributed by atoms with E-state index in [9.17, 15) is 4.79 Å². The van der Waals surface area contributed by atoms with Crippen LogP contribution in [0.1, 0.15) is 15.9 Å². The quantitative estimate of drug-likeness (QED) is 0.370. The van der Waals surface area contributed by atoms with Gasteiger partial charge in [-0.2, -0.15) is 5.10 Å². The monoisotopic (exact) mass is 442 g/mol. The summed E-state index contributed by atoms with van der Waals surface area (Å²) in [6.45, 7) is 0. The van der Waals surface area contributed by atoms with Gasteiger partial charge in [0.05, 0.1) is 11.3 Å². The van der Waals surface area contributed by atoms with Crippen molar-refractivity contribution in [2.45, 2.75) is 0 Å². The molecule has 4 nitrogen and oxygen atoms in total. The lowest BCUT2D eigenvalue weighted by Gasteiger charge is -2.00. The number of para-hydroxylation sites is 1. The van der Waals surface area contributed by atoms with Gasteiger partial charge < -0.3 is 4.74 Å². The van der Waals surface area contributed by atoms with E-state index in [1.165, 1.54) is 0 Å². The number of ketones is 1. The first kappa shape index (κ1) is 17.6. The summed E-state index contributed by atoms with van der Waals surface area (Å²) >= 11 is 3.41. The molecule has 1 aromatic heterocycles. The number of ether oxygens (including phenoxy) is 1. The standard InChI is InChI=1S/C24H15BrN2O2/c25-18-11-12-21-20(14-18)24(28)22(29-21)13-17-15-27(19-9-5-2-6-10-19)26-23(17)16-7-3-1-4-8-16/h1-15H/b22-13-. The van der Waals surface area contributed by atoms with E-state index >= 15 is 0 Å². The summed E-state index contributed by atoms with van der Waals surface area (Å²) in [5, 5.41) is 4.78. The molecule has 5 rings (SSSR count). The predicted octanol–water partition coefficient (Wildman–Crippen LogP) is 5.92. The summed E-state index contributed by atoms with van der Waals surface area (Å²) in [6, 6.07) is 25.2. The van der Waals surface area contributed by atoms with Gasteiger partial charge in [0, 0.05) is 21.8 Å². The fourth-order valence-electron chi connectivity index (χ4n) is 3.33. The van der Waals surface area contributed by atoms with Crippen molar-refractivity contribution in [2.24, 2.45) is 0 Å². The van der Waals surface area contributed by atoms with Crippen molar-refractivity contribution >= 4 is 27.8 Å². The Kier molecular flexibility index (Phi) is 4.37. The molecule has 0 saturated carbocycles. The number of Topliss-reactive ketones (excluding diaryl/α,β-unsaturated/α-hetero) is 1. The maximum absolute atomic E-state index is 12.8. The van der Waals surface area contributed by atoms with E-state index in [1.807, 2.05) is 77.6 Å². The first-order valence-electron chi connectivity index (χ1n) is 9.13. The van der Waals surface area contributed by atoms with Crippen molar-refractivity contribution in [2.75, 3.05) is 0 Å². The molecule has 1 aliphatic heterocycles. The molecule has 0 amide bonds. The number of allylic oxidation sites excluding steroid dienone is 1. The lowest BCUT2D eigenvalue weighted by atomic mass is 10.1. The normalized spacial score (nSPS) is 14.1. The number of aromatic nitrogens is 2. The van der Waals surface area contributed by atoms with Crippen LogP contribution in [-0.2, 0) is 0 Å². The molecule has 5 heteroatoms. The molecule has 0 radical (unpaired) electrons. The van der Waals surface area contributed by atoms with E-state index in [2.05, 4.69) is 15.9 Å². The highest BCUT2D eigenvalue weighted by molar-refractivity contribution is 9.10. The van der Waals surface area contributed by atoms with Crippen LogP contribution in [0, 0.1) is 0 Å². The smallest absolute Gasteiger partial charge is 0.232 e. The zero-order valence-corrected chi connectivity index (χ0v) is 16.8. The van der Waals surface area contributed by atoms with Crippen molar-refractivity contribution in [3.63, 3.8) is 0 Å². The molecule has 0 bridgehead atoms. The number of halogens is 1. The lowest BCUT2D eigenvalue weighted by molar-refractivity contribution is 0.101. The van der Waals surface area contributed by atoms with E-state index in [0.717, 1.165) is 27.0 Å². The second kappa shape index (κ2) is 7.18. The molecule has 2 heterocycles. The van der Waals surface area contributed by atoms with Gasteiger partial charge in [0.2, 0.25) is 5.78 Å². The van der Waals surface area contributed by atoms with Gasteiger partial charge in [-0.3, -0.25) is 4.79 Å². The largest absolute Gasteiger partial charge is 0.452 e. The highest BCUT2D eigenvalue weighted by Crippen LogP contribution is 2.35. The SMILES string of the molecule is O=C1/C(=C/c2cn(-c3ccccc3)nc2-c2ccccc2)Oc2ccc(Br)cc21. The molecule has 0 atom stereocenters.